The van der Waals surface area contributed by atoms with Crippen LogP contribution in [0.1, 0.15) is 5.56 Å². The molecular formula is C17H24N6O. The fourth-order valence-corrected chi connectivity index (χ4v) is 2.65. The number of nitrogens with zero attached hydrogens (tertiary/aromatic N) is 3. The molecule has 0 aliphatic carbocycles. The van der Waals surface area contributed by atoms with E-state index in [-0.39, 0.29) is 0 Å². The van der Waals surface area contributed by atoms with E-state index in [1.54, 1.807) is 0 Å². The summed E-state index contributed by atoms with van der Waals surface area (Å²) in [6.07, 6.45) is 1.52. The standard InChI is InChI=1S/C17H24N6O/c1-13-3-2-4-14(11-13)22-17-15(18)16(20-12-21-17)19-5-6-23-7-9-24-10-8-23/h2-4,11-12H,5-10,18H2,1H3,(H2,19,20,21,22). The van der Waals surface area contributed by atoms with Crippen LogP contribution in [-0.2, 0) is 4.74 Å². The largest absolute Gasteiger partial charge is 0.393 e. The van der Waals surface area contributed by atoms with E-state index < -0.39 is 0 Å². The van der Waals surface area contributed by atoms with Gasteiger partial charge in [-0.1, -0.05) is 12.1 Å². The van der Waals surface area contributed by atoms with Gasteiger partial charge in [0.1, 0.15) is 12.0 Å². The third-order valence-electron chi connectivity index (χ3n) is 3.99. The fourth-order valence-electron chi connectivity index (χ4n) is 2.65. The Morgan fingerprint density at radius 1 is 1.21 bits per heavy atom. The van der Waals surface area contributed by atoms with Gasteiger partial charge in [0.05, 0.1) is 13.2 Å². The van der Waals surface area contributed by atoms with Crippen LogP contribution < -0.4 is 16.4 Å². The van der Waals surface area contributed by atoms with Crippen LogP contribution in [0.3, 0.4) is 0 Å². The Bertz CT molecular complexity index is 672. The molecule has 128 valence electrons. The summed E-state index contributed by atoms with van der Waals surface area (Å²) in [6.45, 7) is 7.33. The van der Waals surface area contributed by atoms with Crippen LogP contribution in [0.5, 0.6) is 0 Å². The Hall–Kier alpha value is -2.38. The van der Waals surface area contributed by atoms with E-state index in [0.717, 1.165) is 45.1 Å². The molecule has 0 spiro atoms. The summed E-state index contributed by atoms with van der Waals surface area (Å²) in [5.41, 5.74) is 8.87. The van der Waals surface area contributed by atoms with Gasteiger partial charge in [-0.15, -0.1) is 0 Å². The summed E-state index contributed by atoms with van der Waals surface area (Å²) in [5.74, 6) is 1.28. The maximum Gasteiger partial charge on any atom is 0.159 e. The van der Waals surface area contributed by atoms with Gasteiger partial charge in [0.15, 0.2) is 11.6 Å². The number of morpholine rings is 1. The minimum absolute atomic E-state index is 0.529. The van der Waals surface area contributed by atoms with E-state index >= 15 is 0 Å². The van der Waals surface area contributed by atoms with Crippen molar-refractivity contribution in [2.24, 2.45) is 0 Å². The lowest BCUT2D eigenvalue weighted by Gasteiger charge is -2.26. The van der Waals surface area contributed by atoms with Crippen LogP contribution in [0.25, 0.3) is 0 Å². The van der Waals surface area contributed by atoms with Crippen LogP contribution in [-0.4, -0.2) is 54.3 Å². The summed E-state index contributed by atoms with van der Waals surface area (Å²) in [7, 11) is 0. The molecule has 0 unspecified atom stereocenters. The third kappa shape index (κ3) is 4.33. The minimum Gasteiger partial charge on any atom is -0.393 e. The number of nitrogens with one attached hydrogen (secondary N) is 2. The van der Waals surface area contributed by atoms with E-state index in [2.05, 4.69) is 25.5 Å². The zero-order valence-electron chi connectivity index (χ0n) is 14.0. The normalized spacial score (nSPS) is 15.2. The van der Waals surface area contributed by atoms with Gasteiger partial charge in [-0.3, -0.25) is 4.90 Å². The number of aromatic nitrogens is 2. The molecule has 7 nitrogen and oxygen atoms in total. The maximum atomic E-state index is 6.20. The molecule has 2 heterocycles. The van der Waals surface area contributed by atoms with Crippen molar-refractivity contribution in [3.8, 4) is 0 Å². The predicted molar refractivity (Wildman–Crippen MR) is 96.7 cm³/mol. The van der Waals surface area contributed by atoms with E-state index in [9.17, 15) is 0 Å². The molecule has 1 aromatic carbocycles. The highest BCUT2D eigenvalue weighted by atomic mass is 16.5. The second-order valence-electron chi connectivity index (χ2n) is 5.86. The average molecular weight is 328 g/mol. The van der Waals surface area contributed by atoms with Gasteiger partial charge in [-0.2, -0.15) is 0 Å². The van der Waals surface area contributed by atoms with E-state index in [4.69, 9.17) is 10.5 Å². The average Bonchev–Trinajstić information content (AvgIpc) is 2.59. The number of nitrogen functional groups attached to an aromatic ring is 1. The number of anilines is 4. The molecule has 0 radical (unpaired) electrons. The van der Waals surface area contributed by atoms with Crippen LogP contribution in [0.4, 0.5) is 23.0 Å². The molecule has 1 saturated heterocycles. The topological polar surface area (TPSA) is 88.3 Å². The highest BCUT2D eigenvalue weighted by Crippen LogP contribution is 2.25. The number of hydrogen-bond acceptors (Lipinski definition) is 7. The van der Waals surface area contributed by atoms with Gasteiger partial charge in [-0.25, -0.2) is 9.97 Å². The summed E-state index contributed by atoms with van der Waals surface area (Å²) in [4.78, 5) is 10.9. The molecule has 0 saturated carbocycles. The molecule has 1 fully saturated rings. The molecule has 7 heteroatoms. The minimum atomic E-state index is 0.529. The lowest BCUT2D eigenvalue weighted by molar-refractivity contribution is 0.0398. The molecule has 4 N–H and O–H groups in total. The highest BCUT2D eigenvalue weighted by Gasteiger charge is 2.11. The molecule has 0 amide bonds. The molecule has 1 aliphatic heterocycles. The summed E-state index contributed by atoms with van der Waals surface area (Å²) < 4.78 is 5.35. The molecule has 1 aliphatic rings. The molecule has 3 rings (SSSR count). The van der Waals surface area contributed by atoms with Gasteiger partial charge in [0, 0.05) is 31.9 Å². The smallest absolute Gasteiger partial charge is 0.159 e. The predicted octanol–water partition coefficient (Wildman–Crippen LogP) is 1.85. The second kappa shape index (κ2) is 7.94. The molecule has 2 aromatic rings. The maximum absolute atomic E-state index is 6.20. The van der Waals surface area contributed by atoms with Crippen LogP contribution in [0.15, 0.2) is 30.6 Å². The van der Waals surface area contributed by atoms with E-state index in [0.29, 0.717) is 17.3 Å². The van der Waals surface area contributed by atoms with Crippen molar-refractivity contribution in [2.45, 2.75) is 6.92 Å². The first-order valence-corrected chi connectivity index (χ1v) is 8.20. The summed E-state index contributed by atoms with van der Waals surface area (Å²) in [5, 5.41) is 6.55. The van der Waals surface area contributed by atoms with Crippen LogP contribution >= 0.6 is 0 Å². The molecule has 1 aromatic heterocycles. The summed E-state index contributed by atoms with van der Waals surface area (Å²) in [6, 6.07) is 8.08. The van der Waals surface area contributed by atoms with Crippen LogP contribution in [0.2, 0.25) is 0 Å². The van der Waals surface area contributed by atoms with Gasteiger partial charge in [-0.05, 0) is 24.6 Å². The van der Waals surface area contributed by atoms with Crippen molar-refractivity contribution in [3.63, 3.8) is 0 Å². The van der Waals surface area contributed by atoms with Gasteiger partial charge in [0.25, 0.3) is 0 Å². The number of ether oxygens (including phenoxy) is 1. The first kappa shape index (κ1) is 16.5. The Morgan fingerprint density at radius 2 is 2.00 bits per heavy atom. The molecular weight excluding hydrogens is 304 g/mol. The first-order valence-electron chi connectivity index (χ1n) is 8.20. The SMILES string of the molecule is Cc1cccc(Nc2ncnc(NCCN3CCOCC3)c2N)c1. The Morgan fingerprint density at radius 3 is 2.79 bits per heavy atom. The van der Waals surface area contributed by atoms with Crippen molar-refractivity contribution in [2.75, 3.05) is 55.8 Å². The van der Waals surface area contributed by atoms with Gasteiger partial charge >= 0.3 is 0 Å². The van der Waals surface area contributed by atoms with Gasteiger partial charge < -0.3 is 21.1 Å². The van der Waals surface area contributed by atoms with E-state index in [1.807, 2.05) is 31.2 Å². The summed E-state index contributed by atoms with van der Waals surface area (Å²) >= 11 is 0. The molecule has 0 bridgehead atoms. The first-order chi connectivity index (χ1) is 11.7. The quantitative estimate of drug-likeness (QED) is 0.746. The lowest BCUT2D eigenvalue weighted by Crippen LogP contribution is -2.39. The van der Waals surface area contributed by atoms with Crippen molar-refractivity contribution in [3.05, 3.63) is 36.2 Å². The van der Waals surface area contributed by atoms with Gasteiger partial charge in [0.2, 0.25) is 0 Å². The van der Waals surface area contributed by atoms with Crippen molar-refractivity contribution in [1.82, 2.24) is 14.9 Å². The number of benzene rings is 1. The molecule has 0 atom stereocenters. The zero-order chi connectivity index (χ0) is 16.8. The number of aryl methyl sites for hydroxylation is 1. The number of rotatable bonds is 6. The Labute approximate surface area is 142 Å². The highest BCUT2D eigenvalue weighted by molar-refractivity contribution is 5.77. The van der Waals surface area contributed by atoms with Crippen molar-refractivity contribution in [1.29, 1.82) is 0 Å². The van der Waals surface area contributed by atoms with Crippen molar-refractivity contribution < 1.29 is 4.74 Å². The molecule has 24 heavy (non-hydrogen) atoms. The lowest BCUT2D eigenvalue weighted by atomic mass is 10.2. The fraction of sp³-hybridized carbons (Fsp3) is 0.412. The number of nitrogens with two attached hydrogens (primary N) is 1. The second-order valence-corrected chi connectivity index (χ2v) is 5.86. The van der Waals surface area contributed by atoms with Crippen molar-refractivity contribution >= 4 is 23.0 Å². The monoisotopic (exact) mass is 328 g/mol. The Balaban J connectivity index is 1.60. The van der Waals surface area contributed by atoms with E-state index in [1.165, 1.54) is 11.9 Å². The number of hydrogen-bond donors (Lipinski definition) is 3. The third-order valence-corrected chi connectivity index (χ3v) is 3.99. The zero-order valence-corrected chi connectivity index (χ0v) is 14.0. The van der Waals surface area contributed by atoms with Crippen LogP contribution in [0, 0.1) is 6.92 Å². The Kier molecular flexibility index (Phi) is 5.45.